The number of piperidine rings is 2. The molecule has 0 radical (unpaired) electrons. The maximum atomic E-state index is 13.2. The van der Waals surface area contributed by atoms with Crippen molar-refractivity contribution in [3.63, 3.8) is 0 Å². The third-order valence-electron chi connectivity index (χ3n) is 6.87. The van der Waals surface area contributed by atoms with Crippen LogP contribution in [0.1, 0.15) is 39.0 Å². The van der Waals surface area contributed by atoms with E-state index < -0.39 is 6.04 Å². The fourth-order valence-corrected chi connectivity index (χ4v) is 5.15. The number of carbonyl (C=O) groups is 3. The first-order valence-corrected chi connectivity index (χ1v) is 10.6. The molecule has 29 heavy (non-hydrogen) atoms. The van der Waals surface area contributed by atoms with Gasteiger partial charge in [-0.05, 0) is 74.9 Å². The quantitative estimate of drug-likeness (QED) is 0.730. The standard InChI is InChI=1S/C22H28FN3O3/c1-15(27)24-10-6-16(7-11-24)17-8-12-25(13-9-17)20-14-21(28)26(22(20)29)19-4-2-18(23)3-5-19/h2-5,16-17,20H,6-14H2,1H3. The van der Waals surface area contributed by atoms with Gasteiger partial charge in [-0.2, -0.15) is 0 Å². The summed E-state index contributed by atoms with van der Waals surface area (Å²) < 4.78 is 13.2. The van der Waals surface area contributed by atoms with E-state index in [4.69, 9.17) is 0 Å². The lowest BCUT2D eigenvalue weighted by atomic mass is 9.78. The van der Waals surface area contributed by atoms with Crippen LogP contribution < -0.4 is 4.90 Å². The number of imide groups is 1. The van der Waals surface area contributed by atoms with Gasteiger partial charge in [0.1, 0.15) is 5.82 Å². The lowest BCUT2D eigenvalue weighted by Crippen LogP contribution is -2.47. The van der Waals surface area contributed by atoms with Crippen molar-refractivity contribution < 1.29 is 18.8 Å². The summed E-state index contributed by atoms with van der Waals surface area (Å²) in [5.74, 6) is 0.624. The minimum Gasteiger partial charge on any atom is -0.343 e. The second-order valence-corrected chi connectivity index (χ2v) is 8.48. The predicted octanol–water partition coefficient (Wildman–Crippen LogP) is 2.43. The third kappa shape index (κ3) is 4.06. The zero-order chi connectivity index (χ0) is 20.5. The molecule has 156 valence electrons. The summed E-state index contributed by atoms with van der Waals surface area (Å²) in [5.41, 5.74) is 0.441. The Labute approximate surface area is 170 Å². The first kappa shape index (κ1) is 20.0. The topological polar surface area (TPSA) is 60.9 Å². The van der Waals surface area contributed by atoms with Crippen molar-refractivity contribution in [2.24, 2.45) is 11.8 Å². The molecule has 3 fully saturated rings. The molecule has 0 spiro atoms. The Morgan fingerprint density at radius 2 is 1.48 bits per heavy atom. The van der Waals surface area contributed by atoms with Gasteiger partial charge in [0, 0.05) is 20.0 Å². The van der Waals surface area contributed by atoms with Crippen LogP contribution in [0.2, 0.25) is 0 Å². The molecule has 0 aromatic heterocycles. The van der Waals surface area contributed by atoms with Gasteiger partial charge in [-0.1, -0.05) is 0 Å². The number of rotatable bonds is 3. The van der Waals surface area contributed by atoms with Crippen molar-refractivity contribution in [1.29, 1.82) is 0 Å². The number of carbonyl (C=O) groups excluding carboxylic acids is 3. The molecule has 3 amide bonds. The van der Waals surface area contributed by atoms with Crippen molar-refractivity contribution in [2.45, 2.75) is 45.1 Å². The van der Waals surface area contributed by atoms with Crippen molar-refractivity contribution in [1.82, 2.24) is 9.80 Å². The molecule has 4 rings (SSSR count). The lowest BCUT2D eigenvalue weighted by molar-refractivity contribution is -0.130. The van der Waals surface area contributed by atoms with Gasteiger partial charge in [0.05, 0.1) is 18.2 Å². The summed E-state index contributed by atoms with van der Waals surface area (Å²) in [6.07, 6.45) is 4.36. The number of nitrogens with zero attached hydrogens (tertiary/aromatic N) is 3. The number of hydrogen-bond donors (Lipinski definition) is 0. The number of anilines is 1. The smallest absolute Gasteiger partial charge is 0.251 e. The van der Waals surface area contributed by atoms with Crippen molar-refractivity contribution in [3.05, 3.63) is 30.1 Å². The first-order chi connectivity index (χ1) is 13.9. The molecule has 3 heterocycles. The number of amides is 3. The van der Waals surface area contributed by atoms with Crippen molar-refractivity contribution in [2.75, 3.05) is 31.1 Å². The zero-order valence-electron chi connectivity index (χ0n) is 16.8. The SMILES string of the molecule is CC(=O)N1CCC(C2CCN(C3CC(=O)N(c4ccc(F)cc4)C3=O)CC2)CC1. The first-order valence-electron chi connectivity index (χ1n) is 10.6. The number of likely N-dealkylation sites (tertiary alicyclic amines) is 2. The van der Waals surface area contributed by atoms with Gasteiger partial charge in [-0.3, -0.25) is 19.3 Å². The van der Waals surface area contributed by atoms with E-state index in [2.05, 4.69) is 4.90 Å². The largest absolute Gasteiger partial charge is 0.343 e. The van der Waals surface area contributed by atoms with E-state index >= 15 is 0 Å². The highest BCUT2D eigenvalue weighted by Crippen LogP contribution is 2.35. The maximum absolute atomic E-state index is 13.2. The molecule has 3 aliphatic heterocycles. The van der Waals surface area contributed by atoms with Crippen molar-refractivity contribution >= 4 is 23.4 Å². The summed E-state index contributed by atoms with van der Waals surface area (Å²) in [7, 11) is 0. The van der Waals surface area contributed by atoms with Crippen LogP contribution in [0.15, 0.2) is 24.3 Å². The molecule has 0 saturated carbocycles. The molecule has 3 saturated heterocycles. The van der Waals surface area contributed by atoms with E-state index in [1.54, 1.807) is 6.92 Å². The normalized spacial score (nSPS) is 25.1. The molecule has 1 aromatic carbocycles. The maximum Gasteiger partial charge on any atom is 0.251 e. The summed E-state index contributed by atoms with van der Waals surface area (Å²) in [4.78, 5) is 42.2. The van der Waals surface area contributed by atoms with Gasteiger partial charge >= 0.3 is 0 Å². The van der Waals surface area contributed by atoms with E-state index in [9.17, 15) is 18.8 Å². The van der Waals surface area contributed by atoms with Gasteiger partial charge in [0.2, 0.25) is 11.8 Å². The van der Waals surface area contributed by atoms with Gasteiger partial charge in [-0.15, -0.1) is 0 Å². The highest BCUT2D eigenvalue weighted by atomic mass is 19.1. The summed E-state index contributed by atoms with van der Waals surface area (Å²) in [6.45, 7) is 4.97. The number of halogens is 1. The summed E-state index contributed by atoms with van der Waals surface area (Å²) >= 11 is 0. The molecule has 1 aromatic rings. The number of hydrogen-bond acceptors (Lipinski definition) is 4. The van der Waals surface area contributed by atoms with E-state index in [0.29, 0.717) is 17.5 Å². The molecule has 6 nitrogen and oxygen atoms in total. The zero-order valence-corrected chi connectivity index (χ0v) is 16.8. The Bertz CT molecular complexity index is 781. The molecular formula is C22H28FN3O3. The molecule has 0 N–H and O–H groups in total. The van der Waals surface area contributed by atoms with E-state index in [-0.39, 0.29) is 30.0 Å². The fourth-order valence-electron chi connectivity index (χ4n) is 5.15. The molecule has 1 atom stereocenters. The third-order valence-corrected chi connectivity index (χ3v) is 6.87. The van der Waals surface area contributed by atoms with Crippen molar-refractivity contribution in [3.8, 4) is 0 Å². The van der Waals surface area contributed by atoms with Gasteiger partial charge in [0.15, 0.2) is 0 Å². The minimum atomic E-state index is -0.409. The van der Waals surface area contributed by atoms with E-state index in [0.717, 1.165) is 51.9 Å². The van der Waals surface area contributed by atoms with Crippen LogP contribution in [0.4, 0.5) is 10.1 Å². The summed E-state index contributed by atoms with van der Waals surface area (Å²) in [5, 5.41) is 0. The monoisotopic (exact) mass is 401 g/mol. The Morgan fingerprint density at radius 1 is 0.931 bits per heavy atom. The van der Waals surface area contributed by atoms with E-state index in [1.165, 1.54) is 29.2 Å². The fraction of sp³-hybridized carbons (Fsp3) is 0.591. The molecule has 0 bridgehead atoms. The molecule has 1 unspecified atom stereocenters. The Hall–Kier alpha value is -2.28. The van der Waals surface area contributed by atoms with Crippen LogP contribution in [0, 0.1) is 17.7 Å². The van der Waals surface area contributed by atoms with Crippen LogP contribution in [-0.4, -0.2) is 59.7 Å². The second-order valence-electron chi connectivity index (χ2n) is 8.48. The summed E-state index contributed by atoms with van der Waals surface area (Å²) in [6, 6.07) is 5.09. The second kappa shape index (κ2) is 8.22. The van der Waals surface area contributed by atoms with Gasteiger partial charge in [0.25, 0.3) is 5.91 Å². The Balaban J connectivity index is 1.33. The van der Waals surface area contributed by atoms with Gasteiger partial charge < -0.3 is 4.90 Å². The highest BCUT2D eigenvalue weighted by Gasteiger charge is 2.44. The molecule has 0 aliphatic carbocycles. The van der Waals surface area contributed by atoms with Gasteiger partial charge in [-0.25, -0.2) is 9.29 Å². The average Bonchev–Trinajstić information content (AvgIpc) is 3.03. The van der Waals surface area contributed by atoms with Crippen LogP contribution >= 0.6 is 0 Å². The molecular weight excluding hydrogens is 373 g/mol. The van der Waals surface area contributed by atoms with Crippen LogP contribution in [0.25, 0.3) is 0 Å². The lowest BCUT2D eigenvalue weighted by Gasteiger charge is -2.41. The Kier molecular flexibility index (Phi) is 5.67. The highest BCUT2D eigenvalue weighted by molar-refractivity contribution is 6.22. The minimum absolute atomic E-state index is 0.161. The predicted molar refractivity (Wildman–Crippen MR) is 107 cm³/mol. The number of benzene rings is 1. The molecule has 3 aliphatic rings. The Morgan fingerprint density at radius 3 is 2.03 bits per heavy atom. The van der Waals surface area contributed by atoms with Crippen LogP contribution in [0.5, 0.6) is 0 Å². The van der Waals surface area contributed by atoms with E-state index in [1.807, 2.05) is 4.90 Å². The molecule has 7 heteroatoms. The average molecular weight is 401 g/mol. The van der Waals surface area contributed by atoms with Crippen LogP contribution in [-0.2, 0) is 14.4 Å². The van der Waals surface area contributed by atoms with Crippen LogP contribution in [0.3, 0.4) is 0 Å².